The normalized spacial score (nSPS) is 32.0. The van der Waals surface area contributed by atoms with Crippen LogP contribution in [-0.4, -0.2) is 17.4 Å². The summed E-state index contributed by atoms with van der Waals surface area (Å²) >= 11 is 0. The largest absolute Gasteiger partial charge is 0.481 e. The van der Waals surface area contributed by atoms with Crippen LogP contribution in [0.2, 0.25) is 0 Å². The lowest BCUT2D eigenvalue weighted by Gasteiger charge is -1.99. The summed E-state index contributed by atoms with van der Waals surface area (Å²) in [6.07, 6.45) is 2.82. The van der Waals surface area contributed by atoms with E-state index in [2.05, 4.69) is 0 Å². The molecule has 0 bridgehead atoms. The summed E-state index contributed by atoms with van der Waals surface area (Å²) in [5, 5.41) is 8.51. The first-order valence-corrected chi connectivity index (χ1v) is 3.42. The summed E-state index contributed by atoms with van der Waals surface area (Å²) < 4.78 is 0. The van der Waals surface area contributed by atoms with Gasteiger partial charge in [0.05, 0.1) is 5.92 Å². The maximum absolute atomic E-state index is 10.3. The Bertz CT molecular complexity index is 153. The van der Waals surface area contributed by atoms with E-state index in [0.29, 0.717) is 12.8 Å². The maximum Gasteiger partial charge on any atom is 0.306 e. The van der Waals surface area contributed by atoms with Crippen molar-refractivity contribution in [2.75, 3.05) is 0 Å². The quantitative estimate of drug-likeness (QED) is 0.577. The van der Waals surface area contributed by atoms with Gasteiger partial charge in [-0.3, -0.25) is 4.79 Å². The molecule has 0 aromatic rings. The van der Waals surface area contributed by atoms with Gasteiger partial charge in [0.2, 0.25) is 0 Å². The van der Waals surface area contributed by atoms with Crippen LogP contribution in [0.5, 0.6) is 0 Å². The van der Waals surface area contributed by atoms with Crippen LogP contribution in [0.1, 0.15) is 19.3 Å². The number of carboxylic acid groups (broad SMARTS) is 1. The maximum atomic E-state index is 10.3. The highest BCUT2D eigenvalue weighted by Crippen LogP contribution is 2.29. The van der Waals surface area contributed by atoms with E-state index in [-0.39, 0.29) is 11.8 Å². The van der Waals surface area contributed by atoms with Gasteiger partial charge in [0.25, 0.3) is 0 Å². The van der Waals surface area contributed by atoms with Crippen molar-refractivity contribution in [2.24, 2.45) is 11.8 Å². The van der Waals surface area contributed by atoms with Crippen molar-refractivity contribution in [3.05, 3.63) is 0 Å². The van der Waals surface area contributed by atoms with E-state index in [1.807, 2.05) is 0 Å². The summed E-state index contributed by atoms with van der Waals surface area (Å²) in [6, 6.07) is 0. The lowest BCUT2D eigenvalue weighted by Crippen LogP contribution is -2.09. The molecule has 0 spiro atoms. The van der Waals surface area contributed by atoms with Gasteiger partial charge >= 0.3 is 5.97 Å². The van der Waals surface area contributed by atoms with E-state index in [4.69, 9.17) is 5.11 Å². The minimum Gasteiger partial charge on any atom is -0.481 e. The minimum atomic E-state index is -0.760. The van der Waals surface area contributed by atoms with Crippen LogP contribution in [0.3, 0.4) is 0 Å². The summed E-state index contributed by atoms with van der Waals surface area (Å²) in [7, 11) is 0. The highest BCUT2D eigenvalue weighted by atomic mass is 16.4. The number of carbonyl (C=O) groups excluding carboxylic acids is 1. The van der Waals surface area contributed by atoms with Gasteiger partial charge < -0.3 is 9.90 Å². The lowest BCUT2D eigenvalue weighted by atomic mass is 10.1. The fourth-order valence-corrected chi connectivity index (χ4v) is 1.36. The molecule has 0 aromatic heterocycles. The monoisotopic (exact) mass is 142 g/mol. The Balaban J connectivity index is 2.42. The molecular formula is C7H10O3. The first-order chi connectivity index (χ1) is 4.74. The SMILES string of the molecule is O=C[C@@H]1CC[C@H](C(=O)O)C1. The first kappa shape index (κ1) is 7.25. The summed E-state index contributed by atoms with van der Waals surface area (Å²) in [5.74, 6) is -1.03. The number of carbonyl (C=O) groups is 2. The van der Waals surface area contributed by atoms with Crippen molar-refractivity contribution in [3.8, 4) is 0 Å². The summed E-state index contributed by atoms with van der Waals surface area (Å²) in [5.41, 5.74) is 0. The number of aldehydes is 1. The minimum absolute atomic E-state index is 0.00102. The molecule has 3 nitrogen and oxygen atoms in total. The van der Waals surface area contributed by atoms with Crippen LogP contribution < -0.4 is 0 Å². The molecule has 0 saturated heterocycles. The molecule has 1 saturated carbocycles. The highest BCUT2D eigenvalue weighted by Gasteiger charge is 2.28. The molecule has 56 valence electrons. The molecule has 0 aliphatic heterocycles. The van der Waals surface area contributed by atoms with Gasteiger partial charge in [-0.2, -0.15) is 0 Å². The average Bonchev–Trinajstić information content (AvgIpc) is 2.34. The number of aliphatic carboxylic acids is 1. The van der Waals surface area contributed by atoms with Crippen molar-refractivity contribution in [3.63, 3.8) is 0 Å². The zero-order valence-electron chi connectivity index (χ0n) is 5.62. The highest BCUT2D eigenvalue weighted by molar-refractivity contribution is 5.71. The van der Waals surface area contributed by atoms with Crippen molar-refractivity contribution in [2.45, 2.75) is 19.3 Å². The van der Waals surface area contributed by atoms with Gasteiger partial charge in [-0.05, 0) is 19.3 Å². The topological polar surface area (TPSA) is 54.4 Å². The van der Waals surface area contributed by atoms with E-state index in [1.54, 1.807) is 0 Å². The Morgan fingerprint density at radius 3 is 2.50 bits per heavy atom. The molecule has 0 radical (unpaired) electrons. The molecule has 0 unspecified atom stereocenters. The van der Waals surface area contributed by atoms with Crippen LogP contribution >= 0.6 is 0 Å². The molecule has 0 aromatic carbocycles. The molecule has 1 rings (SSSR count). The molecule has 1 aliphatic rings. The Morgan fingerprint density at radius 1 is 1.50 bits per heavy atom. The Hall–Kier alpha value is -0.860. The molecule has 0 amide bonds. The molecule has 2 atom stereocenters. The molecule has 0 heterocycles. The number of rotatable bonds is 2. The van der Waals surface area contributed by atoms with Crippen LogP contribution in [-0.2, 0) is 9.59 Å². The molecule has 3 heteroatoms. The third-order valence-corrected chi connectivity index (χ3v) is 2.01. The third-order valence-electron chi connectivity index (χ3n) is 2.01. The fourth-order valence-electron chi connectivity index (χ4n) is 1.36. The van der Waals surface area contributed by atoms with Crippen molar-refractivity contribution in [1.82, 2.24) is 0 Å². The van der Waals surface area contributed by atoms with E-state index in [1.165, 1.54) is 0 Å². The Kier molecular flexibility index (Phi) is 2.04. The van der Waals surface area contributed by atoms with Gasteiger partial charge in [0.15, 0.2) is 0 Å². The van der Waals surface area contributed by atoms with Crippen molar-refractivity contribution >= 4 is 12.3 Å². The predicted octanol–water partition coefficient (Wildman–Crippen LogP) is 0.686. The van der Waals surface area contributed by atoms with Gasteiger partial charge in [0, 0.05) is 5.92 Å². The standard InChI is InChI=1S/C7H10O3/c8-4-5-1-2-6(3-5)7(9)10/h4-6H,1-3H2,(H,9,10)/t5-,6+/m1/s1. The molecule has 1 fully saturated rings. The number of hydrogen-bond donors (Lipinski definition) is 1. The molecule has 1 aliphatic carbocycles. The second-order valence-electron chi connectivity index (χ2n) is 2.74. The second-order valence-corrected chi connectivity index (χ2v) is 2.74. The van der Waals surface area contributed by atoms with E-state index in [9.17, 15) is 9.59 Å². The second kappa shape index (κ2) is 2.82. The van der Waals surface area contributed by atoms with Gasteiger partial charge in [0.1, 0.15) is 6.29 Å². The van der Waals surface area contributed by atoms with Crippen molar-refractivity contribution in [1.29, 1.82) is 0 Å². The van der Waals surface area contributed by atoms with Gasteiger partial charge in [-0.25, -0.2) is 0 Å². The fraction of sp³-hybridized carbons (Fsp3) is 0.714. The Labute approximate surface area is 59.0 Å². The molecule has 1 N–H and O–H groups in total. The lowest BCUT2D eigenvalue weighted by molar-refractivity contribution is -0.141. The van der Waals surface area contributed by atoms with E-state index < -0.39 is 5.97 Å². The van der Waals surface area contributed by atoms with Gasteiger partial charge in [-0.15, -0.1) is 0 Å². The third kappa shape index (κ3) is 1.35. The Morgan fingerprint density at radius 2 is 2.20 bits per heavy atom. The first-order valence-electron chi connectivity index (χ1n) is 3.42. The van der Waals surface area contributed by atoms with Crippen molar-refractivity contribution < 1.29 is 14.7 Å². The van der Waals surface area contributed by atoms with Crippen LogP contribution in [0.15, 0.2) is 0 Å². The zero-order chi connectivity index (χ0) is 7.56. The average molecular weight is 142 g/mol. The predicted molar refractivity (Wildman–Crippen MR) is 34.5 cm³/mol. The van der Waals surface area contributed by atoms with E-state index in [0.717, 1.165) is 12.7 Å². The summed E-state index contributed by atoms with van der Waals surface area (Å²) in [4.78, 5) is 20.5. The smallest absolute Gasteiger partial charge is 0.306 e. The van der Waals surface area contributed by atoms with Crippen LogP contribution in [0.4, 0.5) is 0 Å². The van der Waals surface area contributed by atoms with E-state index >= 15 is 0 Å². The number of hydrogen-bond acceptors (Lipinski definition) is 2. The zero-order valence-corrected chi connectivity index (χ0v) is 5.62. The molecule has 10 heavy (non-hydrogen) atoms. The van der Waals surface area contributed by atoms with Crippen LogP contribution in [0, 0.1) is 11.8 Å². The van der Waals surface area contributed by atoms with Gasteiger partial charge in [-0.1, -0.05) is 0 Å². The summed E-state index contributed by atoms with van der Waals surface area (Å²) in [6.45, 7) is 0. The molecular weight excluding hydrogens is 132 g/mol. The number of carboxylic acids is 1. The van der Waals surface area contributed by atoms with Crippen LogP contribution in [0.25, 0.3) is 0 Å².